The van der Waals surface area contributed by atoms with Crippen LogP contribution in [0.1, 0.15) is 0 Å². The predicted molar refractivity (Wildman–Crippen MR) is 263 cm³/mol. The van der Waals surface area contributed by atoms with E-state index < -0.39 is 0 Å². The SMILES string of the molecule is c1ccc(-c2ccc(N(c3ccc(-c4ccccc4)cc3)c3ccc(-c4cc5oc6c7ccccc7c7ccccc7c6c5cc4-c4ccccc4)c4ccccc34)cc2)cc1. The molecule has 0 saturated heterocycles. The number of hydrogen-bond donors (Lipinski definition) is 0. The summed E-state index contributed by atoms with van der Waals surface area (Å²) in [6, 6.07) is 85.3. The smallest absolute Gasteiger partial charge is 0.143 e. The Labute approximate surface area is 360 Å². The zero-order chi connectivity index (χ0) is 41.0. The second-order valence-electron chi connectivity index (χ2n) is 16.0. The molecule has 0 bridgehead atoms. The number of fused-ring (bicyclic) bond motifs is 9. The first-order chi connectivity index (χ1) is 30.8. The van der Waals surface area contributed by atoms with Gasteiger partial charge in [0, 0.05) is 32.9 Å². The number of benzene rings is 11. The van der Waals surface area contributed by atoms with Gasteiger partial charge in [0.1, 0.15) is 11.2 Å². The number of anilines is 3. The van der Waals surface area contributed by atoms with Crippen LogP contribution in [0.5, 0.6) is 0 Å². The van der Waals surface area contributed by atoms with Crippen molar-refractivity contribution in [3.05, 3.63) is 237 Å². The fourth-order valence-corrected chi connectivity index (χ4v) is 9.54. The molecule has 0 aliphatic heterocycles. The average Bonchev–Trinajstić information content (AvgIpc) is 3.74. The van der Waals surface area contributed by atoms with Crippen LogP contribution in [0.2, 0.25) is 0 Å². The van der Waals surface area contributed by atoms with Gasteiger partial charge in [0.25, 0.3) is 0 Å². The molecule has 0 aliphatic carbocycles. The van der Waals surface area contributed by atoms with Crippen molar-refractivity contribution < 1.29 is 4.42 Å². The van der Waals surface area contributed by atoms with Crippen molar-refractivity contribution in [2.75, 3.05) is 4.90 Å². The number of hydrogen-bond acceptors (Lipinski definition) is 2. The van der Waals surface area contributed by atoms with Crippen molar-refractivity contribution in [2.24, 2.45) is 0 Å². The molecule has 0 spiro atoms. The van der Waals surface area contributed by atoms with Crippen molar-refractivity contribution in [1.82, 2.24) is 0 Å². The third-order valence-electron chi connectivity index (χ3n) is 12.5. The van der Waals surface area contributed by atoms with Gasteiger partial charge in [-0.2, -0.15) is 0 Å². The number of furan rings is 1. The normalized spacial score (nSPS) is 11.5. The van der Waals surface area contributed by atoms with Crippen molar-refractivity contribution in [3.63, 3.8) is 0 Å². The largest absolute Gasteiger partial charge is 0.455 e. The van der Waals surface area contributed by atoms with Gasteiger partial charge in [0.05, 0.1) is 5.69 Å². The quantitative estimate of drug-likeness (QED) is 0.150. The Bertz CT molecular complexity index is 3510. The molecule has 12 rings (SSSR count). The van der Waals surface area contributed by atoms with Crippen LogP contribution in [0, 0.1) is 0 Å². The lowest BCUT2D eigenvalue weighted by atomic mass is 9.89. The molecule has 2 nitrogen and oxygen atoms in total. The van der Waals surface area contributed by atoms with Crippen LogP contribution >= 0.6 is 0 Å². The summed E-state index contributed by atoms with van der Waals surface area (Å²) in [5.41, 5.74) is 14.5. The maximum absolute atomic E-state index is 6.99. The molecule has 2 heteroatoms. The minimum atomic E-state index is 0.878. The summed E-state index contributed by atoms with van der Waals surface area (Å²) in [6.45, 7) is 0. The molecule has 0 fully saturated rings. The number of nitrogens with zero attached hydrogens (tertiary/aromatic N) is 1. The summed E-state index contributed by atoms with van der Waals surface area (Å²) in [5.74, 6) is 0. The van der Waals surface area contributed by atoms with Gasteiger partial charge in [-0.3, -0.25) is 0 Å². The molecule has 1 heterocycles. The summed E-state index contributed by atoms with van der Waals surface area (Å²) in [4.78, 5) is 2.40. The summed E-state index contributed by atoms with van der Waals surface area (Å²) in [5, 5.41) is 9.37. The highest BCUT2D eigenvalue weighted by atomic mass is 16.3. The van der Waals surface area contributed by atoms with Crippen LogP contribution in [-0.2, 0) is 0 Å². The fraction of sp³-hybridized carbons (Fsp3) is 0. The molecule has 0 atom stereocenters. The predicted octanol–water partition coefficient (Wildman–Crippen LogP) is 17.2. The van der Waals surface area contributed by atoms with E-state index >= 15 is 0 Å². The summed E-state index contributed by atoms with van der Waals surface area (Å²) in [7, 11) is 0. The van der Waals surface area contributed by atoms with Gasteiger partial charge >= 0.3 is 0 Å². The molecule has 0 N–H and O–H groups in total. The van der Waals surface area contributed by atoms with Crippen molar-refractivity contribution >= 4 is 71.3 Å². The standard InChI is InChI=1S/C60H39NO/c1-4-16-40(17-5-1)42-28-32-45(33-29-42)61(46-34-30-43(31-35-46)41-18-6-2-7-19-41)57-37-36-50(47-22-10-13-25-51(47)57)55-39-58-56(38-54(55)44-20-8-3-9-21-44)59-52-26-14-11-23-48(52)49-24-12-15-27-53(49)60(59)62-58/h1-39H. The highest BCUT2D eigenvalue weighted by molar-refractivity contribution is 6.30. The Morgan fingerprint density at radius 3 is 1.31 bits per heavy atom. The lowest BCUT2D eigenvalue weighted by molar-refractivity contribution is 0.673. The van der Waals surface area contributed by atoms with Crippen LogP contribution in [0.4, 0.5) is 17.1 Å². The van der Waals surface area contributed by atoms with E-state index in [1.165, 1.54) is 49.4 Å². The van der Waals surface area contributed by atoms with Gasteiger partial charge in [-0.15, -0.1) is 0 Å². The van der Waals surface area contributed by atoms with E-state index in [9.17, 15) is 0 Å². The molecule has 62 heavy (non-hydrogen) atoms. The van der Waals surface area contributed by atoms with Crippen molar-refractivity contribution in [3.8, 4) is 44.5 Å². The molecule has 0 unspecified atom stereocenters. The molecule has 12 aromatic rings. The van der Waals surface area contributed by atoms with Crippen molar-refractivity contribution in [2.45, 2.75) is 0 Å². The Kier molecular flexibility index (Phi) is 8.53. The van der Waals surface area contributed by atoms with Crippen molar-refractivity contribution in [1.29, 1.82) is 0 Å². The van der Waals surface area contributed by atoms with Crippen LogP contribution in [0.25, 0.3) is 98.8 Å². The van der Waals surface area contributed by atoms with E-state index in [0.29, 0.717) is 0 Å². The van der Waals surface area contributed by atoms with E-state index in [2.05, 4.69) is 241 Å². The maximum Gasteiger partial charge on any atom is 0.143 e. The molecule has 0 aliphatic rings. The van der Waals surface area contributed by atoms with E-state index in [-0.39, 0.29) is 0 Å². The molecule has 0 amide bonds. The van der Waals surface area contributed by atoms with E-state index in [1.807, 2.05) is 0 Å². The van der Waals surface area contributed by atoms with Gasteiger partial charge in [-0.25, -0.2) is 0 Å². The lowest BCUT2D eigenvalue weighted by Gasteiger charge is -2.28. The maximum atomic E-state index is 6.99. The zero-order valence-electron chi connectivity index (χ0n) is 33.9. The molecule has 11 aromatic carbocycles. The first-order valence-electron chi connectivity index (χ1n) is 21.3. The van der Waals surface area contributed by atoms with E-state index in [0.717, 1.165) is 66.5 Å². The fourth-order valence-electron chi connectivity index (χ4n) is 9.54. The summed E-state index contributed by atoms with van der Waals surface area (Å²) < 4.78 is 6.99. The second kappa shape index (κ2) is 14.8. The van der Waals surface area contributed by atoms with Crippen LogP contribution in [0.15, 0.2) is 241 Å². The number of rotatable bonds is 7. The third-order valence-corrected chi connectivity index (χ3v) is 12.5. The monoisotopic (exact) mass is 789 g/mol. The summed E-state index contributed by atoms with van der Waals surface area (Å²) in [6.07, 6.45) is 0. The van der Waals surface area contributed by atoms with Crippen LogP contribution in [0.3, 0.4) is 0 Å². The molecular formula is C60H39NO. The minimum Gasteiger partial charge on any atom is -0.455 e. The van der Waals surface area contributed by atoms with Gasteiger partial charge in [0.15, 0.2) is 0 Å². The second-order valence-corrected chi connectivity index (χ2v) is 16.0. The van der Waals surface area contributed by atoms with E-state index in [1.54, 1.807) is 0 Å². The van der Waals surface area contributed by atoms with Gasteiger partial charge < -0.3 is 9.32 Å². The molecule has 0 saturated carbocycles. The summed E-state index contributed by atoms with van der Waals surface area (Å²) >= 11 is 0. The Hall–Kier alpha value is -8.20. The van der Waals surface area contributed by atoms with Gasteiger partial charge in [-0.1, -0.05) is 194 Å². The molecular weight excluding hydrogens is 751 g/mol. The topological polar surface area (TPSA) is 16.4 Å². The average molecular weight is 790 g/mol. The Balaban J connectivity index is 1.08. The van der Waals surface area contributed by atoms with Crippen LogP contribution in [-0.4, -0.2) is 0 Å². The minimum absolute atomic E-state index is 0.878. The van der Waals surface area contributed by atoms with Gasteiger partial charge in [0.2, 0.25) is 0 Å². The lowest BCUT2D eigenvalue weighted by Crippen LogP contribution is -2.10. The third kappa shape index (κ3) is 5.96. The highest BCUT2D eigenvalue weighted by Gasteiger charge is 2.22. The Morgan fingerprint density at radius 1 is 0.274 bits per heavy atom. The van der Waals surface area contributed by atoms with Gasteiger partial charge in [-0.05, 0) is 109 Å². The Morgan fingerprint density at radius 2 is 0.726 bits per heavy atom. The highest BCUT2D eigenvalue weighted by Crippen LogP contribution is 2.48. The molecule has 0 radical (unpaired) electrons. The zero-order valence-corrected chi connectivity index (χ0v) is 33.9. The van der Waals surface area contributed by atoms with E-state index in [4.69, 9.17) is 4.42 Å². The first-order valence-corrected chi connectivity index (χ1v) is 21.3. The van der Waals surface area contributed by atoms with Crippen LogP contribution < -0.4 is 4.90 Å². The molecule has 290 valence electrons. The first kappa shape index (κ1) is 35.7. The molecule has 1 aromatic heterocycles.